The van der Waals surface area contributed by atoms with Crippen molar-refractivity contribution in [2.75, 3.05) is 30.2 Å². The summed E-state index contributed by atoms with van der Waals surface area (Å²) in [7, 11) is 0. The Balaban J connectivity index is 2.20. The van der Waals surface area contributed by atoms with Gasteiger partial charge >= 0.3 is 0 Å². The molecule has 0 aliphatic carbocycles. The van der Waals surface area contributed by atoms with E-state index in [9.17, 15) is 9.59 Å². The third-order valence-corrected chi connectivity index (χ3v) is 3.58. The van der Waals surface area contributed by atoms with Crippen LogP contribution in [0.2, 0.25) is 0 Å². The van der Waals surface area contributed by atoms with E-state index in [0.29, 0.717) is 43.3 Å². The molecule has 0 fully saturated rings. The SMILES string of the molecule is O=C1CCc2cc(C(=O)N(CCCl)CCCl)ccc2N1. The summed E-state index contributed by atoms with van der Waals surface area (Å²) in [5, 5.41) is 2.80. The van der Waals surface area contributed by atoms with Crippen molar-refractivity contribution in [2.24, 2.45) is 0 Å². The van der Waals surface area contributed by atoms with Crippen LogP contribution in [0.25, 0.3) is 0 Å². The van der Waals surface area contributed by atoms with E-state index in [-0.39, 0.29) is 11.8 Å². The first kappa shape index (κ1) is 15.1. The lowest BCUT2D eigenvalue weighted by molar-refractivity contribution is -0.116. The fraction of sp³-hybridized carbons (Fsp3) is 0.429. The maximum absolute atomic E-state index is 12.4. The summed E-state index contributed by atoms with van der Waals surface area (Å²) in [6.45, 7) is 0.946. The molecule has 2 amide bonds. The maximum Gasteiger partial charge on any atom is 0.253 e. The lowest BCUT2D eigenvalue weighted by Crippen LogP contribution is -2.34. The fourth-order valence-electron chi connectivity index (χ4n) is 2.22. The number of benzene rings is 1. The first-order valence-corrected chi connectivity index (χ1v) is 7.56. The van der Waals surface area contributed by atoms with Crippen molar-refractivity contribution in [3.63, 3.8) is 0 Å². The van der Waals surface area contributed by atoms with Crippen LogP contribution in [-0.2, 0) is 11.2 Å². The average Bonchev–Trinajstić information content (AvgIpc) is 2.45. The highest BCUT2D eigenvalue weighted by atomic mass is 35.5. The number of nitrogens with zero attached hydrogens (tertiary/aromatic N) is 1. The van der Waals surface area contributed by atoms with Gasteiger partial charge < -0.3 is 10.2 Å². The van der Waals surface area contributed by atoms with E-state index in [1.807, 2.05) is 6.07 Å². The van der Waals surface area contributed by atoms with Crippen molar-refractivity contribution in [3.05, 3.63) is 29.3 Å². The molecule has 1 aliphatic heterocycles. The number of nitrogens with one attached hydrogen (secondary N) is 1. The Hall–Kier alpha value is -1.26. The molecule has 1 aromatic carbocycles. The van der Waals surface area contributed by atoms with Gasteiger partial charge in [0.2, 0.25) is 5.91 Å². The predicted octanol–water partition coefficient (Wildman–Crippen LogP) is 2.49. The van der Waals surface area contributed by atoms with Crippen LogP contribution in [0.5, 0.6) is 0 Å². The highest BCUT2D eigenvalue weighted by Crippen LogP contribution is 2.24. The fourth-order valence-corrected chi connectivity index (χ4v) is 2.63. The van der Waals surface area contributed by atoms with Crippen LogP contribution in [0.1, 0.15) is 22.3 Å². The Morgan fingerprint density at radius 2 is 1.90 bits per heavy atom. The minimum atomic E-state index is -0.0778. The minimum Gasteiger partial charge on any atom is -0.336 e. The van der Waals surface area contributed by atoms with Gasteiger partial charge in [-0.15, -0.1) is 23.2 Å². The number of carbonyl (C=O) groups excluding carboxylic acids is 2. The van der Waals surface area contributed by atoms with Crippen LogP contribution in [0.3, 0.4) is 0 Å². The summed E-state index contributed by atoms with van der Waals surface area (Å²) >= 11 is 11.4. The first-order chi connectivity index (χ1) is 9.65. The summed E-state index contributed by atoms with van der Waals surface area (Å²) in [6, 6.07) is 5.34. The number of hydrogen-bond acceptors (Lipinski definition) is 2. The molecule has 1 N–H and O–H groups in total. The molecule has 0 aromatic heterocycles. The number of anilines is 1. The molecule has 0 spiro atoms. The Bertz CT molecular complexity index is 514. The molecule has 0 saturated heterocycles. The van der Waals surface area contributed by atoms with E-state index in [0.717, 1.165) is 11.3 Å². The molecular formula is C14H16Cl2N2O2. The van der Waals surface area contributed by atoms with Gasteiger partial charge in [0.05, 0.1) is 0 Å². The molecule has 4 nitrogen and oxygen atoms in total. The van der Waals surface area contributed by atoms with Crippen molar-refractivity contribution in [2.45, 2.75) is 12.8 Å². The van der Waals surface area contributed by atoms with Gasteiger partial charge in [-0.2, -0.15) is 0 Å². The first-order valence-electron chi connectivity index (χ1n) is 6.49. The van der Waals surface area contributed by atoms with E-state index in [4.69, 9.17) is 23.2 Å². The number of alkyl halides is 2. The van der Waals surface area contributed by atoms with Crippen molar-refractivity contribution >= 4 is 40.7 Å². The highest BCUT2D eigenvalue weighted by molar-refractivity contribution is 6.18. The molecule has 1 aromatic rings. The summed E-state index contributed by atoms with van der Waals surface area (Å²) < 4.78 is 0. The Kier molecular flexibility index (Phi) is 5.26. The zero-order valence-corrected chi connectivity index (χ0v) is 12.5. The van der Waals surface area contributed by atoms with Crippen LogP contribution < -0.4 is 5.32 Å². The molecule has 6 heteroatoms. The Morgan fingerprint density at radius 3 is 2.55 bits per heavy atom. The summed E-state index contributed by atoms with van der Waals surface area (Å²) in [5.74, 6) is 0.696. The van der Waals surface area contributed by atoms with Crippen LogP contribution in [0, 0.1) is 0 Å². The molecule has 2 rings (SSSR count). The minimum absolute atomic E-state index is 0.0162. The molecule has 20 heavy (non-hydrogen) atoms. The summed E-state index contributed by atoms with van der Waals surface area (Å²) in [5.41, 5.74) is 2.39. The second-order valence-corrected chi connectivity index (χ2v) is 5.35. The number of aryl methyl sites for hydroxylation is 1. The van der Waals surface area contributed by atoms with Gasteiger partial charge in [-0.25, -0.2) is 0 Å². The van der Waals surface area contributed by atoms with Crippen molar-refractivity contribution in [1.29, 1.82) is 0 Å². The van der Waals surface area contributed by atoms with Crippen molar-refractivity contribution < 1.29 is 9.59 Å². The van der Waals surface area contributed by atoms with Crippen LogP contribution in [0.15, 0.2) is 18.2 Å². The number of carbonyl (C=O) groups is 2. The quantitative estimate of drug-likeness (QED) is 0.849. The zero-order chi connectivity index (χ0) is 14.5. The largest absolute Gasteiger partial charge is 0.336 e. The van der Waals surface area contributed by atoms with Crippen molar-refractivity contribution in [3.8, 4) is 0 Å². The second kappa shape index (κ2) is 6.95. The van der Waals surface area contributed by atoms with E-state index >= 15 is 0 Å². The third-order valence-electron chi connectivity index (χ3n) is 3.24. The van der Waals surface area contributed by atoms with E-state index in [1.165, 1.54) is 0 Å². The molecule has 1 aliphatic rings. The maximum atomic E-state index is 12.4. The lowest BCUT2D eigenvalue weighted by Gasteiger charge is -2.22. The Labute approximate surface area is 128 Å². The standard InChI is InChI=1S/C14H16Cl2N2O2/c15-5-7-18(8-6-16)14(20)11-1-3-12-10(9-11)2-4-13(19)17-12/h1,3,9H,2,4-8H2,(H,17,19). The average molecular weight is 315 g/mol. The van der Waals surface area contributed by atoms with Gasteiger partial charge in [-0.3, -0.25) is 9.59 Å². The lowest BCUT2D eigenvalue weighted by atomic mass is 10.00. The zero-order valence-electron chi connectivity index (χ0n) is 11.0. The van der Waals surface area contributed by atoms with Gasteiger partial charge in [-0.1, -0.05) is 0 Å². The molecule has 0 saturated carbocycles. The van der Waals surface area contributed by atoms with Gasteiger partial charge in [0.1, 0.15) is 0 Å². The topological polar surface area (TPSA) is 49.4 Å². The van der Waals surface area contributed by atoms with E-state index < -0.39 is 0 Å². The van der Waals surface area contributed by atoms with Gasteiger partial charge in [-0.05, 0) is 30.2 Å². The number of rotatable bonds is 5. The second-order valence-electron chi connectivity index (χ2n) is 4.59. The molecule has 0 radical (unpaired) electrons. The molecule has 0 bridgehead atoms. The normalized spacial score (nSPS) is 13.6. The summed E-state index contributed by atoms with van der Waals surface area (Å²) in [6.07, 6.45) is 1.12. The number of fused-ring (bicyclic) bond motifs is 1. The van der Waals surface area contributed by atoms with Gasteiger partial charge in [0, 0.05) is 42.5 Å². The molecule has 1 heterocycles. The molecule has 0 atom stereocenters. The predicted molar refractivity (Wildman–Crippen MR) is 80.7 cm³/mol. The number of amides is 2. The third kappa shape index (κ3) is 3.44. The van der Waals surface area contributed by atoms with Gasteiger partial charge in [0.25, 0.3) is 5.91 Å². The van der Waals surface area contributed by atoms with Crippen LogP contribution in [-0.4, -0.2) is 41.6 Å². The van der Waals surface area contributed by atoms with E-state index in [2.05, 4.69) is 5.32 Å². The molecule has 108 valence electrons. The highest BCUT2D eigenvalue weighted by Gasteiger charge is 2.19. The molecular weight excluding hydrogens is 299 g/mol. The molecule has 0 unspecified atom stereocenters. The monoisotopic (exact) mass is 314 g/mol. The van der Waals surface area contributed by atoms with Crippen molar-refractivity contribution in [1.82, 2.24) is 4.90 Å². The van der Waals surface area contributed by atoms with Crippen LogP contribution >= 0.6 is 23.2 Å². The Morgan fingerprint density at radius 1 is 1.20 bits per heavy atom. The van der Waals surface area contributed by atoms with Gasteiger partial charge in [0.15, 0.2) is 0 Å². The smallest absolute Gasteiger partial charge is 0.253 e. The number of hydrogen-bond donors (Lipinski definition) is 1. The number of halogens is 2. The summed E-state index contributed by atoms with van der Waals surface area (Å²) in [4.78, 5) is 25.3. The van der Waals surface area contributed by atoms with E-state index in [1.54, 1.807) is 17.0 Å². The van der Waals surface area contributed by atoms with Crippen LogP contribution in [0.4, 0.5) is 5.69 Å².